The summed E-state index contributed by atoms with van der Waals surface area (Å²) in [7, 11) is -1.83. The molecule has 1 aromatic heterocycles. The molecule has 1 N–H and O–H groups in total. The van der Waals surface area contributed by atoms with Crippen molar-refractivity contribution < 1.29 is 13.2 Å². The highest BCUT2D eigenvalue weighted by Crippen LogP contribution is 2.22. The summed E-state index contributed by atoms with van der Waals surface area (Å²) in [6.45, 7) is 2.72. The van der Waals surface area contributed by atoms with Gasteiger partial charge in [0.25, 0.3) is 15.9 Å². The fourth-order valence-corrected chi connectivity index (χ4v) is 5.88. The number of nitrogens with zero attached hydrogens (tertiary/aromatic N) is 2. The Bertz CT molecular complexity index is 1140. The van der Waals surface area contributed by atoms with Crippen LogP contribution in [0.15, 0.2) is 70.3 Å². The third kappa shape index (κ3) is 5.31. The largest absolute Gasteiger partial charge is 0.372 e. The van der Waals surface area contributed by atoms with Crippen LogP contribution in [0.3, 0.4) is 0 Å². The number of benzene rings is 2. The molecule has 1 fully saturated rings. The molecule has 168 valence electrons. The van der Waals surface area contributed by atoms with E-state index in [0.29, 0.717) is 17.8 Å². The summed E-state index contributed by atoms with van der Waals surface area (Å²) in [6.07, 6.45) is 3.80. The van der Waals surface area contributed by atoms with E-state index in [9.17, 15) is 13.2 Å². The molecule has 4 rings (SSSR count). The van der Waals surface area contributed by atoms with Crippen molar-refractivity contribution in [3.05, 3.63) is 77.2 Å². The highest BCUT2D eigenvalue weighted by Gasteiger charge is 2.17. The van der Waals surface area contributed by atoms with Gasteiger partial charge in [0.2, 0.25) is 0 Å². The van der Waals surface area contributed by atoms with Crippen molar-refractivity contribution in [1.82, 2.24) is 4.90 Å². The van der Waals surface area contributed by atoms with Gasteiger partial charge in [-0.15, -0.1) is 11.3 Å². The lowest BCUT2D eigenvalue weighted by Crippen LogP contribution is -2.29. The Labute approximate surface area is 193 Å². The van der Waals surface area contributed by atoms with E-state index in [2.05, 4.69) is 33.9 Å². The van der Waals surface area contributed by atoms with Crippen LogP contribution in [-0.2, 0) is 16.6 Å². The molecule has 2 heterocycles. The van der Waals surface area contributed by atoms with Crippen LogP contribution >= 0.6 is 11.3 Å². The predicted molar refractivity (Wildman–Crippen MR) is 130 cm³/mol. The molecule has 8 heteroatoms. The zero-order valence-corrected chi connectivity index (χ0v) is 19.7. The highest BCUT2D eigenvalue weighted by atomic mass is 32.2. The number of amides is 1. The van der Waals surface area contributed by atoms with Crippen LogP contribution in [0.1, 0.15) is 35.2 Å². The molecule has 1 amide bonds. The van der Waals surface area contributed by atoms with Crippen molar-refractivity contribution in [3.8, 4) is 0 Å². The second kappa shape index (κ2) is 9.75. The average molecular weight is 470 g/mol. The average Bonchev–Trinajstić information content (AvgIpc) is 3.36. The van der Waals surface area contributed by atoms with Gasteiger partial charge < -0.3 is 9.80 Å². The molecule has 0 saturated carbocycles. The molecule has 1 aliphatic rings. The molecule has 0 spiro atoms. The van der Waals surface area contributed by atoms with Crippen LogP contribution < -0.4 is 9.62 Å². The summed E-state index contributed by atoms with van der Waals surface area (Å²) >= 11 is 1.16. The summed E-state index contributed by atoms with van der Waals surface area (Å²) in [5.74, 6) is -0.113. The molecule has 0 radical (unpaired) electrons. The number of piperidine rings is 1. The summed E-state index contributed by atoms with van der Waals surface area (Å²) in [5, 5.41) is 1.72. The Morgan fingerprint density at radius 2 is 1.69 bits per heavy atom. The molecule has 3 aromatic rings. The minimum absolute atomic E-state index is 0.113. The van der Waals surface area contributed by atoms with Crippen LogP contribution in [0.5, 0.6) is 0 Å². The van der Waals surface area contributed by atoms with Gasteiger partial charge >= 0.3 is 0 Å². The second-order valence-corrected chi connectivity index (χ2v) is 10.8. The molecule has 2 aromatic carbocycles. The standard InChI is InChI=1S/C24H27N3O3S2/c1-26(18-19-7-13-22(14-8-19)27-15-3-2-4-16-27)24(28)20-9-11-21(12-10-20)25-32(29,30)23-6-5-17-31-23/h5-14,17,25H,2-4,15-16,18H2,1H3. The van der Waals surface area contributed by atoms with Crippen LogP contribution in [0.25, 0.3) is 0 Å². The van der Waals surface area contributed by atoms with Crippen molar-refractivity contribution in [2.24, 2.45) is 0 Å². The fraction of sp³-hybridized carbons (Fsp3) is 0.292. The Morgan fingerprint density at radius 3 is 2.31 bits per heavy atom. The number of thiophene rings is 1. The zero-order valence-electron chi connectivity index (χ0n) is 18.0. The first-order chi connectivity index (χ1) is 15.4. The van der Waals surface area contributed by atoms with Gasteiger partial charge in [0.15, 0.2) is 0 Å². The van der Waals surface area contributed by atoms with E-state index in [-0.39, 0.29) is 10.1 Å². The summed E-state index contributed by atoms with van der Waals surface area (Å²) in [6, 6.07) is 18.2. The zero-order chi connectivity index (χ0) is 22.6. The van der Waals surface area contributed by atoms with E-state index in [4.69, 9.17) is 0 Å². The summed E-state index contributed by atoms with van der Waals surface area (Å²) in [4.78, 5) is 16.9. The van der Waals surface area contributed by atoms with E-state index in [1.54, 1.807) is 53.7 Å². The van der Waals surface area contributed by atoms with Gasteiger partial charge in [-0.05, 0) is 72.7 Å². The number of nitrogens with one attached hydrogen (secondary N) is 1. The monoisotopic (exact) mass is 469 g/mol. The summed E-state index contributed by atoms with van der Waals surface area (Å²) < 4.78 is 27.5. The first-order valence-corrected chi connectivity index (χ1v) is 13.0. The lowest BCUT2D eigenvalue weighted by molar-refractivity contribution is 0.0785. The molecular formula is C24H27N3O3S2. The Balaban J connectivity index is 1.36. The normalized spacial score (nSPS) is 14.2. The minimum atomic E-state index is -3.60. The highest BCUT2D eigenvalue weighted by molar-refractivity contribution is 7.94. The number of hydrogen-bond acceptors (Lipinski definition) is 5. The van der Waals surface area contributed by atoms with E-state index < -0.39 is 10.0 Å². The van der Waals surface area contributed by atoms with Crippen molar-refractivity contribution in [2.45, 2.75) is 30.0 Å². The first-order valence-electron chi connectivity index (χ1n) is 10.7. The number of sulfonamides is 1. The third-order valence-corrected chi connectivity index (χ3v) is 8.35. The van der Waals surface area contributed by atoms with Gasteiger partial charge in [-0.1, -0.05) is 18.2 Å². The van der Waals surface area contributed by atoms with Crippen molar-refractivity contribution in [3.63, 3.8) is 0 Å². The smallest absolute Gasteiger partial charge is 0.271 e. The quantitative estimate of drug-likeness (QED) is 0.539. The van der Waals surface area contributed by atoms with Crippen LogP contribution in [0.4, 0.5) is 11.4 Å². The van der Waals surface area contributed by atoms with E-state index in [1.807, 2.05) is 0 Å². The Kier molecular flexibility index (Phi) is 6.81. The molecule has 0 atom stereocenters. The molecule has 1 aliphatic heterocycles. The Morgan fingerprint density at radius 1 is 1.00 bits per heavy atom. The molecule has 32 heavy (non-hydrogen) atoms. The molecular weight excluding hydrogens is 442 g/mol. The third-order valence-electron chi connectivity index (χ3n) is 5.57. The number of carbonyl (C=O) groups is 1. The lowest BCUT2D eigenvalue weighted by atomic mass is 10.1. The maximum atomic E-state index is 12.8. The first kappa shape index (κ1) is 22.4. The van der Waals surface area contributed by atoms with E-state index in [1.165, 1.54) is 24.9 Å². The van der Waals surface area contributed by atoms with Gasteiger partial charge in [0, 0.05) is 43.6 Å². The molecule has 0 unspecified atom stereocenters. The predicted octanol–water partition coefficient (Wildman–Crippen LogP) is 4.81. The van der Waals surface area contributed by atoms with E-state index in [0.717, 1.165) is 30.0 Å². The van der Waals surface area contributed by atoms with Crippen LogP contribution in [0.2, 0.25) is 0 Å². The van der Waals surface area contributed by atoms with Crippen LogP contribution in [-0.4, -0.2) is 39.4 Å². The minimum Gasteiger partial charge on any atom is -0.372 e. The van der Waals surface area contributed by atoms with Gasteiger partial charge in [0.1, 0.15) is 4.21 Å². The SMILES string of the molecule is CN(Cc1ccc(N2CCCCC2)cc1)C(=O)c1ccc(NS(=O)(=O)c2cccs2)cc1. The van der Waals surface area contributed by atoms with Crippen LogP contribution in [0, 0.1) is 0 Å². The fourth-order valence-electron chi connectivity index (χ4n) is 3.83. The van der Waals surface area contributed by atoms with Gasteiger partial charge in [0.05, 0.1) is 0 Å². The summed E-state index contributed by atoms with van der Waals surface area (Å²) in [5.41, 5.74) is 3.24. The van der Waals surface area contributed by atoms with Gasteiger partial charge in [-0.2, -0.15) is 0 Å². The number of anilines is 2. The Hall–Kier alpha value is -2.84. The number of rotatable bonds is 7. The maximum absolute atomic E-state index is 12.8. The van der Waals surface area contributed by atoms with Crippen molar-refractivity contribution in [2.75, 3.05) is 29.8 Å². The van der Waals surface area contributed by atoms with Crippen molar-refractivity contribution in [1.29, 1.82) is 0 Å². The molecule has 0 bridgehead atoms. The van der Waals surface area contributed by atoms with Gasteiger partial charge in [-0.3, -0.25) is 9.52 Å². The van der Waals surface area contributed by atoms with E-state index >= 15 is 0 Å². The molecule has 6 nitrogen and oxygen atoms in total. The lowest BCUT2D eigenvalue weighted by Gasteiger charge is -2.29. The molecule has 0 aliphatic carbocycles. The maximum Gasteiger partial charge on any atom is 0.271 e. The molecule has 1 saturated heterocycles. The number of carbonyl (C=O) groups excluding carboxylic acids is 1. The topological polar surface area (TPSA) is 69.7 Å². The van der Waals surface area contributed by atoms with Gasteiger partial charge in [-0.25, -0.2) is 8.42 Å². The van der Waals surface area contributed by atoms with Crippen molar-refractivity contribution >= 4 is 38.6 Å². The number of hydrogen-bond donors (Lipinski definition) is 1. The second-order valence-electron chi connectivity index (χ2n) is 7.99.